The van der Waals surface area contributed by atoms with E-state index < -0.39 is 0 Å². The highest BCUT2D eigenvalue weighted by atomic mass is 19.1. The number of nitrogens with zero attached hydrogens (tertiary/aromatic N) is 3. The number of benzene rings is 1. The van der Waals surface area contributed by atoms with Crippen molar-refractivity contribution in [3.63, 3.8) is 0 Å². The van der Waals surface area contributed by atoms with E-state index in [1.165, 1.54) is 18.5 Å². The molecule has 0 spiro atoms. The number of aromatic amines is 1. The maximum atomic E-state index is 14.0. The Morgan fingerprint density at radius 2 is 2.09 bits per heavy atom. The van der Waals surface area contributed by atoms with Gasteiger partial charge in [0, 0.05) is 42.9 Å². The Morgan fingerprint density at radius 3 is 2.85 bits per heavy atom. The Hall–Kier alpha value is -3.49. The molecule has 1 saturated heterocycles. The summed E-state index contributed by atoms with van der Waals surface area (Å²) in [6.07, 6.45) is 4.84. The van der Waals surface area contributed by atoms with Crippen LogP contribution in [0.1, 0.15) is 48.7 Å². The molecule has 34 heavy (non-hydrogen) atoms. The second-order valence-electron chi connectivity index (χ2n) is 9.12. The van der Waals surface area contributed by atoms with E-state index in [2.05, 4.69) is 20.3 Å². The molecule has 2 aliphatic rings. The zero-order valence-electron chi connectivity index (χ0n) is 19.4. The van der Waals surface area contributed by atoms with E-state index in [-0.39, 0.29) is 23.7 Å². The van der Waals surface area contributed by atoms with Gasteiger partial charge in [0.2, 0.25) is 5.91 Å². The Labute approximate surface area is 196 Å². The molecule has 0 unspecified atom stereocenters. The molecule has 9 heteroatoms. The van der Waals surface area contributed by atoms with Crippen molar-refractivity contribution in [3.05, 3.63) is 41.6 Å². The average molecular weight is 466 g/mol. The molecule has 2 N–H and O–H groups in total. The largest absolute Gasteiger partial charge is 0.492 e. The predicted octanol–water partition coefficient (Wildman–Crippen LogP) is 3.60. The van der Waals surface area contributed by atoms with E-state index >= 15 is 0 Å². The summed E-state index contributed by atoms with van der Waals surface area (Å²) in [5, 5.41) is 3.05. The topological polar surface area (TPSA) is 100 Å². The standard InChI is InChI=1S/C25H28FN5O3/c1-3-20(32)31-9-8-17(11-31)30-25(33)21-14(2)29-24-22(27-13-28-23(21)24)18-7-6-16(26)10-19(18)34-12-15-4-5-15/h6-7,10,13,15,17,29H,3-5,8-9,11-12H2,1-2H3,(H,30,33)/t17-/m1/s1. The van der Waals surface area contributed by atoms with E-state index in [1.807, 2.05) is 13.8 Å². The van der Waals surface area contributed by atoms with Crippen molar-refractivity contribution in [2.75, 3.05) is 19.7 Å². The second-order valence-corrected chi connectivity index (χ2v) is 9.12. The van der Waals surface area contributed by atoms with Gasteiger partial charge in [-0.1, -0.05) is 6.92 Å². The number of carbonyl (C=O) groups is 2. The summed E-state index contributed by atoms with van der Waals surface area (Å²) in [7, 11) is 0. The van der Waals surface area contributed by atoms with Gasteiger partial charge in [-0.15, -0.1) is 0 Å². The van der Waals surface area contributed by atoms with Crippen molar-refractivity contribution in [3.8, 4) is 17.0 Å². The zero-order chi connectivity index (χ0) is 23.8. The highest BCUT2D eigenvalue weighted by Crippen LogP contribution is 2.36. The molecule has 1 aromatic carbocycles. The lowest BCUT2D eigenvalue weighted by molar-refractivity contribution is -0.129. The zero-order valence-corrected chi connectivity index (χ0v) is 19.4. The van der Waals surface area contributed by atoms with Crippen LogP contribution in [0.15, 0.2) is 24.5 Å². The molecule has 178 valence electrons. The quantitative estimate of drug-likeness (QED) is 0.555. The van der Waals surface area contributed by atoms with Gasteiger partial charge in [-0.05, 0) is 44.2 Å². The summed E-state index contributed by atoms with van der Waals surface area (Å²) in [6, 6.07) is 4.29. The van der Waals surface area contributed by atoms with Crippen LogP contribution in [0.25, 0.3) is 22.3 Å². The number of halogens is 1. The van der Waals surface area contributed by atoms with Crippen LogP contribution >= 0.6 is 0 Å². The SMILES string of the molecule is CCC(=O)N1CC[C@@H](NC(=O)c2c(C)[nH]c3c(-c4ccc(F)cc4OCC4CC4)ncnc23)C1. The minimum absolute atomic E-state index is 0.0939. The fraction of sp³-hybridized carbons (Fsp3) is 0.440. The summed E-state index contributed by atoms with van der Waals surface area (Å²) in [4.78, 5) is 39.1. The van der Waals surface area contributed by atoms with Gasteiger partial charge in [0.15, 0.2) is 0 Å². The van der Waals surface area contributed by atoms with E-state index in [0.717, 1.165) is 19.3 Å². The first kappa shape index (κ1) is 22.3. The summed E-state index contributed by atoms with van der Waals surface area (Å²) in [5.41, 5.74) is 3.41. The Morgan fingerprint density at radius 1 is 1.26 bits per heavy atom. The van der Waals surface area contributed by atoms with E-state index in [1.54, 1.807) is 11.0 Å². The third-order valence-corrected chi connectivity index (χ3v) is 6.55. The van der Waals surface area contributed by atoms with Crippen LogP contribution in [-0.2, 0) is 4.79 Å². The van der Waals surface area contributed by atoms with Crippen molar-refractivity contribution in [1.29, 1.82) is 0 Å². The molecule has 1 atom stereocenters. The first-order chi connectivity index (χ1) is 16.4. The number of rotatable bonds is 7. The summed E-state index contributed by atoms with van der Waals surface area (Å²) in [6.45, 7) is 5.35. The minimum Gasteiger partial charge on any atom is -0.492 e. The van der Waals surface area contributed by atoms with Gasteiger partial charge >= 0.3 is 0 Å². The maximum Gasteiger partial charge on any atom is 0.255 e. The number of aromatic nitrogens is 3. The summed E-state index contributed by atoms with van der Waals surface area (Å²) < 4.78 is 19.9. The number of nitrogens with one attached hydrogen (secondary N) is 2. The van der Waals surface area contributed by atoms with Crippen molar-refractivity contribution >= 4 is 22.8 Å². The number of H-pyrrole nitrogens is 1. The molecule has 2 aromatic heterocycles. The van der Waals surface area contributed by atoms with Gasteiger partial charge < -0.3 is 19.9 Å². The van der Waals surface area contributed by atoms with Crippen LogP contribution in [0.2, 0.25) is 0 Å². The van der Waals surface area contributed by atoms with Crippen LogP contribution < -0.4 is 10.1 Å². The van der Waals surface area contributed by atoms with Gasteiger partial charge in [0.1, 0.15) is 29.1 Å². The van der Waals surface area contributed by atoms with Crippen LogP contribution in [0.5, 0.6) is 5.75 Å². The molecule has 0 bridgehead atoms. The molecule has 8 nitrogen and oxygen atoms in total. The maximum absolute atomic E-state index is 14.0. The summed E-state index contributed by atoms with van der Waals surface area (Å²) in [5.74, 6) is 0.417. The Bertz CT molecular complexity index is 1250. The van der Waals surface area contributed by atoms with Crippen LogP contribution in [0.4, 0.5) is 4.39 Å². The predicted molar refractivity (Wildman–Crippen MR) is 125 cm³/mol. The lowest BCUT2D eigenvalue weighted by Gasteiger charge is -2.16. The van der Waals surface area contributed by atoms with Crippen molar-refractivity contribution in [1.82, 2.24) is 25.2 Å². The molecule has 0 radical (unpaired) electrons. The van der Waals surface area contributed by atoms with Crippen molar-refractivity contribution in [2.45, 2.75) is 45.6 Å². The van der Waals surface area contributed by atoms with E-state index in [4.69, 9.17) is 4.74 Å². The third kappa shape index (κ3) is 4.34. The molecular formula is C25H28FN5O3. The molecule has 3 heterocycles. The van der Waals surface area contributed by atoms with Crippen molar-refractivity contribution < 1.29 is 18.7 Å². The number of hydrogen-bond acceptors (Lipinski definition) is 5. The number of aryl methyl sites for hydroxylation is 1. The van der Waals surface area contributed by atoms with Gasteiger partial charge in [0.05, 0.1) is 17.7 Å². The first-order valence-electron chi connectivity index (χ1n) is 11.8. The van der Waals surface area contributed by atoms with Gasteiger partial charge in [-0.3, -0.25) is 9.59 Å². The molecule has 1 aliphatic carbocycles. The van der Waals surface area contributed by atoms with Gasteiger partial charge in [-0.2, -0.15) is 0 Å². The number of hydrogen-bond donors (Lipinski definition) is 2. The first-order valence-corrected chi connectivity index (χ1v) is 11.8. The molecule has 3 aromatic rings. The highest BCUT2D eigenvalue weighted by molar-refractivity contribution is 6.09. The molecule has 1 aliphatic heterocycles. The minimum atomic E-state index is -0.380. The number of likely N-dealkylation sites (tertiary alicyclic amines) is 1. The van der Waals surface area contributed by atoms with Crippen LogP contribution in [0.3, 0.4) is 0 Å². The molecule has 2 amide bonds. The molecule has 5 rings (SSSR count). The molecule has 2 fully saturated rings. The number of ether oxygens (including phenoxy) is 1. The third-order valence-electron chi connectivity index (χ3n) is 6.55. The van der Waals surface area contributed by atoms with Crippen LogP contribution in [-0.4, -0.2) is 57.4 Å². The highest BCUT2D eigenvalue weighted by Gasteiger charge is 2.29. The lowest BCUT2D eigenvalue weighted by Crippen LogP contribution is -2.38. The summed E-state index contributed by atoms with van der Waals surface area (Å²) >= 11 is 0. The normalized spacial score (nSPS) is 17.9. The Balaban J connectivity index is 1.44. The van der Waals surface area contributed by atoms with Gasteiger partial charge in [-0.25, -0.2) is 14.4 Å². The molecule has 1 saturated carbocycles. The van der Waals surface area contributed by atoms with Gasteiger partial charge in [0.25, 0.3) is 5.91 Å². The fourth-order valence-corrected chi connectivity index (χ4v) is 4.49. The number of fused-ring (bicyclic) bond motifs is 1. The number of amides is 2. The lowest BCUT2D eigenvalue weighted by atomic mass is 10.1. The molecular weight excluding hydrogens is 437 g/mol. The van der Waals surface area contributed by atoms with E-state index in [0.29, 0.717) is 71.3 Å². The van der Waals surface area contributed by atoms with E-state index in [9.17, 15) is 14.0 Å². The van der Waals surface area contributed by atoms with Crippen LogP contribution in [0, 0.1) is 18.7 Å². The van der Waals surface area contributed by atoms with Crippen molar-refractivity contribution in [2.24, 2.45) is 5.92 Å². The number of carbonyl (C=O) groups excluding carboxylic acids is 2. The Kier molecular flexibility index (Phi) is 5.93. The monoisotopic (exact) mass is 465 g/mol. The fourth-order valence-electron chi connectivity index (χ4n) is 4.49. The smallest absolute Gasteiger partial charge is 0.255 e. The average Bonchev–Trinajstić information content (AvgIpc) is 3.43. The second kappa shape index (κ2) is 9.04.